The Labute approximate surface area is 88.5 Å². The van der Waals surface area contributed by atoms with Crippen molar-refractivity contribution in [2.24, 2.45) is 10.3 Å². The highest BCUT2D eigenvalue weighted by atomic mass is 16.4. The van der Waals surface area contributed by atoms with Crippen LogP contribution in [0.4, 0.5) is 0 Å². The minimum atomic E-state index is -0.841. The van der Waals surface area contributed by atoms with Crippen molar-refractivity contribution < 1.29 is 9.90 Å². The molecule has 0 saturated heterocycles. The second-order valence-electron chi connectivity index (χ2n) is 3.96. The van der Waals surface area contributed by atoms with E-state index in [1.54, 1.807) is 5.01 Å². The smallest absolute Gasteiger partial charge is 0.324 e. The van der Waals surface area contributed by atoms with Crippen molar-refractivity contribution in [3.8, 4) is 0 Å². The summed E-state index contributed by atoms with van der Waals surface area (Å²) in [5.74, 6) is -0.841. The third-order valence-corrected chi connectivity index (χ3v) is 2.86. The number of aliphatic carboxylic acids is 1. The minimum Gasteiger partial charge on any atom is -0.480 e. The molecule has 0 fully saturated rings. The maximum atomic E-state index is 10.6. The largest absolute Gasteiger partial charge is 0.480 e. The molecular weight excluding hydrogens is 194 g/mol. The van der Waals surface area contributed by atoms with Gasteiger partial charge in [0.15, 0.2) is 0 Å². The molecule has 2 atom stereocenters. The predicted molar refractivity (Wildman–Crippen MR) is 54.4 cm³/mol. The van der Waals surface area contributed by atoms with Gasteiger partial charge in [0, 0.05) is 0 Å². The summed E-state index contributed by atoms with van der Waals surface area (Å²) in [7, 11) is 0. The van der Waals surface area contributed by atoms with Crippen LogP contribution >= 0.6 is 0 Å². The quantitative estimate of drug-likeness (QED) is 0.703. The van der Waals surface area contributed by atoms with Crippen molar-refractivity contribution in [1.29, 1.82) is 0 Å². The summed E-state index contributed by atoms with van der Waals surface area (Å²) in [6.45, 7) is -0.0334. The summed E-state index contributed by atoms with van der Waals surface area (Å²) in [6, 6.07) is 0.375. The Balaban J connectivity index is 2.02. The zero-order valence-corrected chi connectivity index (χ0v) is 8.54. The lowest BCUT2D eigenvalue weighted by Crippen LogP contribution is -2.38. The van der Waals surface area contributed by atoms with Crippen LogP contribution in [0.5, 0.6) is 0 Å². The Hall–Kier alpha value is -1.39. The minimum absolute atomic E-state index is 0.0334. The molecule has 2 aliphatic rings. The lowest BCUT2D eigenvalue weighted by Gasteiger charge is -2.24. The number of rotatable bonds is 2. The fourth-order valence-corrected chi connectivity index (χ4v) is 2.12. The number of nitrogens with zero attached hydrogens (tertiary/aromatic N) is 3. The zero-order valence-electron chi connectivity index (χ0n) is 8.54. The Morgan fingerprint density at radius 3 is 2.87 bits per heavy atom. The Morgan fingerprint density at radius 2 is 2.13 bits per heavy atom. The van der Waals surface area contributed by atoms with Gasteiger partial charge in [-0.2, -0.15) is 5.11 Å². The van der Waals surface area contributed by atoms with Crippen molar-refractivity contribution >= 4 is 5.97 Å². The molecule has 1 N–H and O–H groups in total. The van der Waals surface area contributed by atoms with Gasteiger partial charge in [-0.25, -0.2) is 0 Å². The van der Waals surface area contributed by atoms with Crippen molar-refractivity contribution in [1.82, 2.24) is 5.01 Å². The molecule has 1 heterocycles. The van der Waals surface area contributed by atoms with Gasteiger partial charge in [0.25, 0.3) is 0 Å². The van der Waals surface area contributed by atoms with E-state index in [2.05, 4.69) is 22.5 Å². The Kier molecular flexibility index (Phi) is 2.99. The number of allylic oxidation sites excluding steroid dienone is 2. The molecule has 0 bridgehead atoms. The summed E-state index contributed by atoms with van der Waals surface area (Å²) < 4.78 is 0. The molecule has 1 aliphatic heterocycles. The van der Waals surface area contributed by atoms with Crippen LogP contribution in [0.1, 0.15) is 25.7 Å². The number of carbonyl (C=O) groups is 1. The van der Waals surface area contributed by atoms with Gasteiger partial charge in [0.05, 0.1) is 12.1 Å². The second-order valence-corrected chi connectivity index (χ2v) is 3.96. The molecule has 2 unspecified atom stereocenters. The van der Waals surface area contributed by atoms with Crippen molar-refractivity contribution in [3.63, 3.8) is 0 Å². The molecule has 2 rings (SSSR count). The second kappa shape index (κ2) is 4.42. The van der Waals surface area contributed by atoms with Gasteiger partial charge in [0.1, 0.15) is 6.54 Å². The summed E-state index contributed by atoms with van der Waals surface area (Å²) >= 11 is 0. The SMILES string of the molecule is O=C(O)CN1N=NC2CC/C=C/CCC21. The van der Waals surface area contributed by atoms with Crippen molar-refractivity contribution in [2.45, 2.75) is 37.8 Å². The van der Waals surface area contributed by atoms with E-state index in [0.29, 0.717) is 0 Å². The van der Waals surface area contributed by atoms with E-state index in [-0.39, 0.29) is 18.6 Å². The van der Waals surface area contributed by atoms with Gasteiger partial charge in [-0.05, 0) is 25.7 Å². The Morgan fingerprint density at radius 1 is 1.40 bits per heavy atom. The molecule has 82 valence electrons. The van der Waals surface area contributed by atoms with Crippen LogP contribution in [0.15, 0.2) is 22.5 Å². The maximum Gasteiger partial charge on any atom is 0.324 e. The van der Waals surface area contributed by atoms with Gasteiger partial charge >= 0.3 is 5.97 Å². The standard InChI is InChI=1S/C10H15N3O2/c14-10(15)7-13-9-6-4-2-1-3-5-8(9)11-12-13/h1-2,8-9H,3-7H2,(H,14,15)/b2-1+. The van der Waals surface area contributed by atoms with Gasteiger partial charge in [-0.3, -0.25) is 9.80 Å². The molecule has 0 aromatic rings. The van der Waals surface area contributed by atoms with Gasteiger partial charge < -0.3 is 5.11 Å². The molecule has 5 heteroatoms. The predicted octanol–water partition coefficient (Wildman–Crippen LogP) is 1.62. The van der Waals surface area contributed by atoms with Crippen LogP contribution in [0.25, 0.3) is 0 Å². The number of fused-ring (bicyclic) bond motifs is 1. The van der Waals surface area contributed by atoms with Crippen LogP contribution in [0.3, 0.4) is 0 Å². The fourth-order valence-electron chi connectivity index (χ4n) is 2.12. The number of carboxylic acid groups (broad SMARTS) is 1. The van der Waals surface area contributed by atoms with Gasteiger partial charge in [0.2, 0.25) is 0 Å². The lowest BCUT2D eigenvalue weighted by molar-refractivity contribution is -0.138. The first-order valence-corrected chi connectivity index (χ1v) is 5.31. The Bertz CT molecular complexity index is 301. The molecule has 15 heavy (non-hydrogen) atoms. The van der Waals surface area contributed by atoms with Gasteiger partial charge in [-0.1, -0.05) is 17.4 Å². The molecular formula is C10H15N3O2. The van der Waals surface area contributed by atoms with Crippen LogP contribution in [-0.2, 0) is 4.79 Å². The molecule has 1 aliphatic carbocycles. The normalized spacial score (nSPS) is 31.9. The van der Waals surface area contributed by atoms with Crippen LogP contribution in [-0.4, -0.2) is 34.7 Å². The molecule has 0 radical (unpaired) electrons. The summed E-state index contributed by atoms with van der Waals surface area (Å²) in [6.07, 6.45) is 8.25. The molecule has 0 aromatic heterocycles. The highest BCUT2D eigenvalue weighted by molar-refractivity contribution is 5.69. The third-order valence-electron chi connectivity index (χ3n) is 2.86. The van der Waals surface area contributed by atoms with E-state index in [1.165, 1.54) is 0 Å². The average Bonchev–Trinajstić information content (AvgIpc) is 2.46. The molecule has 0 saturated carbocycles. The van der Waals surface area contributed by atoms with Crippen molar-refractivity contribution in [3.05, 3.63) is 12.2 Å². The van der Waals surface area contributed by atoms with Crippen molar-refractivity contribution in [2.75, 3.05) is 6.54 Å². The third kappa shape index (κ3) is 2.34. The summed E-state index contributed by atoms with van der Waals surface area (Å²) in [5, 5.41) is 18.5. The molecule has 5 nitrogen and oxygen atoms in total. The fraction of sp³-hybridized carbons (Fsp3) is 0.700. The number of carboxylic acids is 1. The average molecular weight is 209 g/mol. The van der Waals surface area contributed by atoms with E-state index < -0.39 is 5.97 Å². The van der Waals surface area contributed by atoms with E-state index in [1.807, 2.05) is 0 Å². The molecule has 0 spiro atoms. The first-order chi connectivity index (χ1) is 7.27. The monoisotopic (exact) mass is 209 g/mol. The lowest BCUT2D eigenvalue weighted by atomic mass is 9.96. The van der Waals surface area contributed by atoms with Crippen LogP contribution in [0.2, 0.25) is 0 Å². The van der Waals surface area contributed by atoms with E-state index >= 15 is 0 Å². The molecule has 0 aromatic carbocycles. The van der Waals surface area contributed by atoms with E-state index in [4.69, 9.17) is 5.11 Å². The first kappa shape index (κ1) is 10.1. The zero-order chi connectivity index (χ0) is 10.7. The van der Waals surface area contributed by atoms with Crippen LogP contribution in [0, 0.1) is 0 Å². The first-order valence-electron chi connectivity index (χ1n) is 5.31. The summed E-state index contributed by atoms with van der Waals surface area (Å²) in [5.41, 5.74) is 0. The van der Waals surface area contributed by atoms with Crippen LogP contribution < -0.4 is 0 Å². The number of hydrogen-bond donors (Lipinski definition) is 1. The van der Waals surface area contributed by atoms with E-state index in [9.17, 15) is 4.79 Å². The number of hydrogen-bond acceptors (Lipinski definition) is 4. The topological polar surface area (TPSA) is 65.3 Å². The van der Waals surface area contributed by atoms with E-state index in [0.717, 1.165) is 25.7 Å². The summed E-state index contributed by atoms with van der Waals surface area (Å²) in [4.78, 5) is 10.6. The highest BCUT2D eigenvalue weighted by Gasteiger charge is 2.32. The van der Waals surface area contributed by atoms with Gasteiger partial charge in [-0.15, -0.1) is 0 Å². The maximum absolute atomic E-state index is 10.6. The molecule has 0 amide bonds. The highest BCUT2D eigenvalue weighted by Crippen LogP contribution is 2.26.